The first kappa shape index (κ1) is 15.7. The molecule has 0 heterocycles. The van der Waals surface area contributed by atoms with Gasteiger partial charge in [0, 0.05) is 36.0 Å². The van der Waals surface area contributed by atoms with Crippen LogP contribution in [0.3, 0.4) is 0 Å². The molecule has 0 aliphatic heterocycles. The molecule has 2 N–H and O–H groups in total. The second-order valence-corrected chi connectivity index (χ2v) is 5.27. The summed E-state index contributed by atoms with van der Waals surface area (Å²) in [7, 11) is 0. The maximum atomic E-state index is 9.05. The molecule has 0 spiro atoms. The van der Waals surface area contributed by atoms with Crippen LogP contribution in [0, 0.1) is 0 Å². The van der Waals surface area contributed by atoms with Crippen molar-refractivity contribution >= 4 is 23.0 Å². The number of likely N-dealkylation sites (N-methyl/N-ethyl adjacent to an activating group) is 1. The summed E-state index contributed by atoms with van der Waals surface area (Å²) in [5.74, 6) is 0. The molecule has 0 unspecified atom stereocenters. The summed E-state index contributed by atoms with van der Waals surface area (Å²) in [6, 6.07) is 16.1. The molecule has 2 rings (SSSR count). The molecule has 0 aliphatic rings. The Morgan fingerprint density at radius 3 is 2.29 bits per heavy atom. The number of benzene rings is 2. The Morgan fingerprint density at radius 2 is 1.71 bits per heavy atom. The average Bonchev–Trinajstić information content (AvgIpc) is 2.53. The second-order valence-electron chi connectivity index (χ2n) is 4.83. The number of nitrogens with zero attached hydrogens (tertiary/aromatic N) is 1. The van der Waals surface area contributed by atoms with Crippen molar-refractivity contribution < 1.29 is 5.11 Å². The Balaban J connectivity index is 1.94. The SMILES string of the molecule is CCN(CCO)c1ccc(NCc2ccc(Cl)cc2)cc1. The molecule has 3 nitrogen and oxygen atoms in total. The van der Waals surface area contributed by atoms with Crippen molar-refractivity contribution in [2.75, 3.05) is 29.9 Å². The first-order valence-corrected chi connectivity index (χ1v) is 7.55. The molecule has 0 amide bonds. The standard InChI is InChI=1S/C17H21ClN2O/c1-2-20(11-12-21)17-9-7-16(8-10-17)19-13-14-3-5-15(18)6-4-14/h3-10,19,21H,2,11-13H2,1H3. The van der Waals surface area contributed by atoms with Crippen LogP contribution in [0.25, 0.3) is 0 Å². The Hall–Kier alpha value is -1.71. The van der Waals surface area contributed by atoms with E-state index in [1.807, 2.05) is 24.3 Å². The van der Waals surface area contributed by atoms with Crippen LogP contribution in [0.4, 0.5) is 11.4 Å². The minimum atomic E-state index is 0.171. The fourth-order valence-electron chi connectivity index (χ4n) is 2.19. The molecule has 4 heteroatoms. The van der Waals surface area contributed by atoms with Gasteiger partial charge in [-0.05, 0) is 48.9 Å². The van der Waals surface area contributed by atoms with Gasteiger partial charge in [-0.15, -0.1) is 0 Å². The summed E-state index contributed by atoms with van der Waals surface area (Å²) in [5.41, 5.74) is 3.40. The lowest BCUT2D eigenvalue weighted by atomic mass is 10.2. The minimum Gasteiger partial charge on any atom is -0.395 e. The fourth-order valence-corrected chi connectivity index (χ4v) is 2.31. The quantitative estimate of drug-likeness (QED) is 0.817. The van der Waals surface area contributed by atoms with E-state index in [0.29, 0.717) is 6.54 Å². The molecule has 0 bridgehead atoms. The molecule has 0 saturated carbocycles. The normalized spacial score (nSPS) is 10.4. The van der Waals surface area contributed by atoms with Crippen molar-refractivity contribution in [2.45, 2.75) is 13.5 Å². The zero-order valence-electron chi connectivity index (χ0n) is 12.2. The lowest BCUT2D eigenvalue weighted by molar-refractivity contribution is 0.302. The highest BCUT2D eigenvalue weighted by atomic mass is 35.5. The topological polar surface area (TPSA) is 35.5 Å². The van der Waals surface area contributed by atoms with Crippen molar-refractivity contribution in [1.82, 2.24) is 0 Å². The number of halogens is 1. The number of aliphatic hydroxyl groups is 1. The summed E-state index contributed by atoms with van der Waals surface area (Å²) >= 11 is 5.87. The highest BCUT2D eigenvalue weighted by Gasteiger charge is 2.03. The smallest absolute Gasteiger partial charge is 0.0606 e. The van der Waals surface area contributed by atoms with Gasteiger partial charge in [0.2, 0.25) is 0 Å². The Kier molecular flexibility index (Phi) is 5.90. The van der Waals surface area contributed by atoms with Crippen LogP contribution in [0.15, 0.2) is 48.5 Å². The van der Waals surface area contributed by atoms with Gasteiger partial charge in [-0.2, -0.15) is 0 Å². The van der Waals surface area contributed by atoms with Gasteiger partial charge >= 0.3 is 0 Å². The van der Waals surface area contributed by atoms with Crippen LogP contribution >= 0.6 is 11.6 Å². The maximum absolute atomic E-state index is 9.05. The van der Waals surface area contributed by atoms with E-state index >= 15 is 0 Å². The van der Waals surface area contributed by atoms with Gasteiger partial charge < -0.3 is 15.3 Å². The van der Waals surface area contributed by atoms with E-state index in [-0.39, 0.29) is 6.61 Å². The highest BCUT2D eigenvalue weighted by Crippen LogP contribution is 2.18. The highest BCUT2D eigenvalue weighted by molar-refractivity contribution is 6.30. The largest absolute Gasteiger partial charge is 0.395 e. The van der Waals surface area contributed by atoms with Gasteiger partial charge in [0.1, 0.15) is 0 Å². The number of hydrogen-bond acceptors (Lipinski definition) is 3. The summed E-state index contributed by atoms with van der Waals surface area (Å²) < 4.78 is 0. The Morgan fingerprint density at radius 1 is 1.05 bits per heavy atom. The molecule has 0 fully saturated rings. The van der Waals surface area contributed by atoms with Crippen LogP contribution in [-0.2, 0) is 6.54 Å². The molecule has 0 aromatic heterocycles. The van der Waals surface area contributed by atoms with E-state index in [4.69, 9.17) is 16.7 Å². The maximum Gasteiger partial charge on any atom is 0.0606 e. The number of nitrogens with one attached hydrogen (secondary N) is 1. The van der Waals surface area contributed by atoms with Crippen molar-refractivity contribution in [3.63, 3.8) is 0 Å². The molecular weight excluding hydrogens is 284 g/mol. The first-order chi connectivity index (χ1) is 10.2. The van der Waals surface area contributed by atoms with E-state index in [2.05, 4.69) is 41.4 Å². The monoisotopic (exact) mass is 304 g/mol. The van der Waals surface area contributed by atoms with Gasteiger partial charge in [-0.25, -0.2) is 0 Å². The van der Waals surface area contributed by atoms with Crippen LogP contribution in [0.5, 0.6) is 0 Å². The van der Waals surface area contributed by atoms with Gasteiger partial charge in [-0.1, -0.05) is 23.7 Å². The van der Waals surface area contributed by atoms with E-state index < -0.39 is 0 Å². The molecule has 2 aromatic rings. The Labute approximate surface area is 131 Å². The van der Waals surface area contributed by atoms with E-state index in [9.17, 15) is 0 Å². The zero-order chi connectivity index (χ0) is 15.1. The molecule has 0 atom stereocenters. The molecular formula is C17H21ClN2O. The molecule has 0 saturated heterocycles. The van der Waals surface area contributed by atoms with Crippen molar-refractivity contribution in [3.05, 3.63) is 59.1 Å². The summed E-state index contributed by atoms with van der Waals surface area (Å²) in [6.07, 6.45) is 0. The predicted octanol–water partition coefficient (Wildman–Crippen LogP) is 3.77. The predicted molar refractivity (Wildman–Crippen MR) is 90.2 cm³/mol. The van der Waals surface area contributed by atoms with E-state index in [1.54, 1.807) is 0 Å². The van der Waals surface area contributed by atoms with Crippen LogP contribution in [-0.4, -0.2) is 24.8 Å². The summed E-state index contributed by atoms with van der Waals surface area (Å²) in [6.45, 7) is 4.57. The van der Waals surface area contributed by atoms with Gasteiger partial charge in [0.25, 0.3) is 0 Å². The Bertz CT molecular complexity index is 540. The summed E-state index contributed by atoms with van der Waals surface area (Å²) in [4.78, 5) is 2.14. The molecule has 0 aliphatic carbocycles. The number of aliphatic hydroxyl groups excluding tert-OH is 1. The third-order valence-electron chi connectivity index (χ3n) is 3.39. The fraction of sp³-hybridized carbons (Fsp3) is 0.294. The van der Waals surface area contributed by atoms with Crippen LogP contribution < -0.4 is 10.2 Å². The zero-order valence-corrected chi connectivity index (χ0v) is 13.0. The van der Waals surface area contributed by atoms with Gasteiger partial charge in [-0.3, -0.25) is 0 Å². The van der Waals surface area contributed by atoms with Gasteiger partial charge in [0.15, 0.2) is 0 Å². The lowest BCUT2D eigenvalue weighted by Gasteiger charge is -2.22. The second kappa shape index (κ2) is 7.91. The number of rotatable bonds is 7. The van der Waals surface area contributed by atoms with Crippen molar-refractivity contribution in [3.8, 4) is 0 Å². The molecule has 21 heavy (non-hydrogen) atoms. The van der Waals surface area contributed by atoms with Crippen molar-refractivity contribution in [1.29, 1.82) is 0 Å². The van der Waals surface area contributed by atoms with Gasteiger partial charge in [0.05, 0.1) is 6.61 Å². The molecule has 2 aromatic carbocycles. The minimum absolute atomic E-state index is 0.171. The average molecular weight is 305 g/mol. The lowest BCUT2D eigenvalue weighted by Crippen LogP contribution is -2.25. The van der Waals surface area contributed by atoms with Crippen LogP contribution in [0.1, 0.15) is 12.5 Å². The van der Waals surface area contributed by atoms with Crippen LogP contribution in [0.2, 0.25) is 5.02 Å². The van der Waals surface area contributed by atoms with E-state index in [0.717, 1.165) is 29.5 Å². The first-order valence-electron chi connectivity index (χ1n) is 7.17. The van der Waals surface area contributed by atoms with E-state index in [1.165, 1.54) is 5.56 Å². The van der Waals surface area contributed by atoms with Crippen molar-refractivity contribution in [2.24, 2.45) is 0 Å². The molecule has 0 radical (unpaired) electrons. The third kappa shape index (κ3) is 4.66. The summed E-state index contributed by atoms with van der Waals surface area (Å²) in [5, 5.41) is 13.2. The third-order valence-corrected chi connectivity index (χ3v) is 3.65. The number of anilines is 2. The number of hydrogen-bond donors (Lipinski definition) is 2. The molecule has 112 valence electrons.